The summed E-state index contributed by atoms with van der Waals surface area (Å²) in [6.07, 6.45) is 1.74. The van der Waals surface area contributed by atoms with E-state index in [1.807, 2.05) is 0 Å². The number of anilines is 1. The number of thiophene rings is 1. The third kappa shape index (κ3) is 3.33. The first-order valence-electron chi connectivity index (χ1n) is 7.36. The van der Waals surface area contributed by atoms with E-state index in [2.05, 4.69) is 10.1 Å². The molecule has 2 aromatic rings. The minimum Gasteiger partial charge on any atom is -0.482 e. The fourth-order valence-corrected chi connectivity index (χ4v) is 3.40. The van der Waals surface area contributed by atoms with E-state index >= 15 is 0 Å². The number of amides is 2. The molecule has 0 radical (unpaired) electrons. The van der Waals surface area contributed by atoms with Crippen LogP contribution in [0.4, 0.5) is 5.00 Å². The van der Waals surface area contributed by atoms with Crippen LogP contribution in [0.3, 0.4) is 0 Å². The SMILES string of the molecule is COC(=O)COc1ccc2c(C(N)=O)c(NC(=O)C3CC3)sc2c1. The number of fused-ring (bicyclic) bond motifs is 1. The van der Waals surface area contributed by atoms with Crippen molar-refractivity contribution in [1.82, 2.24) is 0 Å². The van der Waals surface area contributed by atoms with Gasteiger partial charge in [0.25, 0.3) is 5.91 Å². The van der Waals surface area contributed by atoms with Crippen molar-refractivity contribution < 1.29 is 23.9 Å². The molecule has 2 amide bonds. The van der Waals surface area contributed by atoms with Gasteiger partial charge in [-0.1, -0.05) is 0 Å². The standard InChI is InChI=1S/C16H16N2O5S/c1-22-12(19)7-23-9-4-5-10-11(6-9)24-16(13(10)14(17)20)18-15(21)8-2-3-8/h4-6,8H,2-3,7H2,1H3,(H2,17,20)(H,18,21). The topological polar surface area (TPSA) is 108 Å². The molecule has 1 fully saturated rings. The van der Waals surface area contributed by atoms with Crippen LogP contribution in [-0.4, -0.2) is 31.5 Å². The first-order valence-corrected chi connectivity index (χ1v) is 8.18. The van der Waals surface area contributed by atoms with Gasteiger partial charge in [0.1, 0.15) is 10.8 Å². The number of primary amides is 1. The van der Waals surface area contributed by atoms with Crippen molar-refractivity contribution in [1.29, 1.82) is 0 Å². The number of carbonyl (C=O) groups excluding carboxylic acids is 3. The highest BCUT2D eigenvalue weighted by Crippen LogP contribution is 2.39. The fourth-order valence-electron chi connectivity index (χ4n) is 2.26. The highest BCUT2D eigenvalue weighted by atomic mass is 32.1. The molecule has 0 unspecified atom stereocenters. The van der Waals surface area contributed by atoms with Crippen LogP contribution >= 0.6 is 11.3 Å². The summed E-state index contributed by atoms with van der Waals surface area (Å²) < 4.78 is 10.6. The van der Waals surface area contributed by atoms with Crippen LogP contribution in [0.1, 0.15) is 23.2 Å². The summed E-state index contributed by atoms with van der Waals surface area (Å²) >= 11 is 1.25. The molecule has 126 valence electrons. The molecule has 1 aromatic carbocycles. The summed E-state index contributed by atoms with van der Waals surface area (Å²) in [6.45, 7) is -0.207. The molecule has 8 heteroatoms. The van der Waals surface area contributed by atoms with Crippen molar-refractivity contribution in [2.24, 2.45) is 11.7 Å². The molecule has 0 aliphatic heterocycles. The Labute approximate surface area is 141 Å². The highest BCUT2D eigenvalue weighted by molar-refractivity contribution is 7.23. The van der Waals surface area contributed by atoms with Crippen molar-refractivity contribution in [3.05, 3.63) is 23.8 Å². The van der Waals surface area contributed by atoms with Gasteiger partial charge in [0.15, 0.2) is 6.61 Å². The molecule has 1 aliphatic rings. The largest absolute Gasteiger partial charge is 0.482 e. The second-order valence-corrected chi connectivity index (χ2v) is 6.51. The molecule has 1 aliphatic carbocycles. The van der Waals surface area contributed by atoms with Gasteiger partial charge in [0.2, 0.25) is 5.91 Å². The van der Waals surface area contributed by atoms with Crippen LogP contribution in [0, 0.1) is 5.92 Å². The van der Waals surface area contributed by atoms with Crippen LogP contribution < -0.4 is 15.8 Å². The molecule has 1 saturated carbocycles. The normalized spacial score (nSPS) is 13.5. The molecule has 0 saturated heterocycles. The number of carbonyl (C=O) groups is 3. The minimum absolute atomic E-state index is 0.0230. The van der Waals surface area contributed by atoms with E-state index in [1.54, 1.807) is 18.2 Å². The summed E-state index contributed by atoms with van der Waals surface area (Å²) in [5.74, 6) is -0.696. The minimum atomic E-state index is -0.601. The van der Waals surface area contributed by atoms with Gasteiger partial charge < -0.3 is 20.5 Å². The second kappa shape index (κ2) is 6.48. The van der Waals surface area contributed by atoms with Gasteiger partial charge in [-0.3, -0.25) is 9.59 Å². The zero-order valence-electron chi connectivity index (χ0n) is 13.0. The van der Waals surface area contributed by atoms with E-state index in [0.717, 1.165) is 17.5 Å². The first kappa shape index (κ1) is 16.3. The Morgan fingerprint density at radius 3 is 2.71 bits per heavy atom. The maximum atomic E-state index is 12.0. The number of ether oxygens (including phenoxy) is 2. The van der Waals surface area contributed by atoms with Crippen molar-refractivity contribution >= 4 is 44.2 Å². The van der Waals surface area contributed by atoms with Crippen molar-refractivity contribution in [2.75, 3.05) is 19.0 Å². The Balaban J connectivity index is 1.90. The molecule has 3 rings (SSSR count). The van der Waals surface area contributed by atoms with E-state index in [1.165, 1.54) is 18.4 Å². The summed E-state index contributed by atoms with van der Waals surface area (Å²) in [5, 5.41) is 3.87. The van der Waals surface area contributed by atoms with Gasteiger partial charge in [0.05, 0.1) is 12.7 Å². The highest BCUT2D eigenvalue weighted by Gasteiger charge is 2.31. The number of esters is 1. The molecule has 1 heterocycles. The van der Waals surface area contributed by atoms with E-state index < -0.39 is 11.9 Å². The maximum Gasteiger partial charge on any atom is 0.343 e. The number of hydrogen-bond donors (Lipinski definition) is 2. The zero-order valence-corrected chi connectivity index (χ0v) is 13.8. The molecule has 0 spiro atoms. The van der Waals surface area contributed by atoms with Crippen LogP contribution in [0.5, 0.6) is 5.75 Å². The monoisotopic (exact) mass is 348 g/mol. The molecule has 7 nitrogen and oxygen atoms in total. The van der Waals surface area contributed by atoms with Gasteiger partial charge in [0, 0.05) is 16.0 Å². The van der Waals surface area contributed by atoms with Crippen molar-refractivity contribution in [2.45, 2.75) is 12.8 Å². The molecule has 0 bridgehead atoms. The Kier molecular flexibility index (Phi) is 4.39. The third-order valence-electron chi connectivity index (χ3n) is 3.68. The van der Waals surface area contributed by atoms with E-state index in [0.29, 0.717) is 21.7 Å². The molecular formula is C16H16N2O5S. The molecule has 24 heavy (non-hydrogen) atoms. The summed E-state index contributed by atoms with van der Waals surface area (Å²) in [6, 6.07) is 5.02. The molecule has 0 atom stereocenters. The number of hydrogen-bond acceptors (Lipinski definition) is 6. The van der Waals surface area contributed by atoms with Crippen LogP contribution in [0.25, 0.3) is 10.1 Å². The lowest BCUT2D eigenvalue weighted by Crippen LogP contribution is -2.17. The lowest BCUT2D eigenvalue weighted by molar-refractivity contribution is -0.142. The Hall–Kier alpha value is -2.61. The molecule has 3 N–H and O–H groups in total. The van der Waals surface area contributed by atoms with Gasteiger partial charge in [-0.2, -0.15) is 0 Å². The van der Waals surface area contributed by atoms with Crippen LogP contribution in [0.15, 0.2) is 18.2 Å². The lowest BCUT2D eigenvalue weighted by Gasteiger charge is -2.04. The predicted molar refractivity (Wildman–Crippen MR) is 89.2 cm³/mol. The number of benzene rings is 1. The number of nitrogens with one attached hydrogen (secondary N) is 1. The number of methoxy groups -OCH3 is 1. The fraction of sp³-hybridized carbons (Fsp3) is 0.312. The molecule has 1 aromatic heterocycles. The van der Waals surface area contributed by atoms with Gasteiger partial charge in [-0.25, -0.2) is 4.79 Å². The first-order chi connectivity index (χ1) is 11.5. The zero-order chi connectivity index (χ0) is 17.3. The Morgan fingerprint density at radius 2 is 2.08 bits per heavy atom. The predicted octanol–water partition coefficient (Wildman–Crippen LogP) is 1.90. The quantitative estimate of drug-likeness (QED) is 0.775. The van der Waals surface area contributed by atoms with Crippen LogP contribution in [0.2, 0.25) is 0 Å². The third-order valence-corrected chi connectivity index (χ3v) is 4.75. The number of rotatable bonds is 6. The lowest BCUT2D eigenvalue weighted by atomic mass is 10.1. The average molecular weight is 348 g/mol. The second-order valence-electron chi connectivity index (χ2n) is 5.46. The smallest absolute Gasteiger partial charge is 0.343 e. The van der Waals surface area contributed by atoms with Gasteiger partial charge in [-0.05, 0) is 31.0 Å². The van der Waals surface area contributed by atoms with Crippen molar-refractivity contribution in [3.63, 3.8) is 0 Å². The summed E-state index contributed by atoms with van der Waals surface area (Å²) in [5.41, 5.74) is 5.77. The average Bonchev–Trinajstić information content (AvgIpc) is 3.34. The van der Waals surface area contributed by atoms with E-state index in [-0.39, 0.29) is 18.4 Å². The maximum absolute atomic E-state index is 12.0. The Morgan fingerprint density at radius 1 is 1.33 bits per heavy atom. The van der Waals surface area contributed by atoms with Gasteiger partial charge in [-0.15, -0.1) is 11.3 Å². The van der Waals surface area contributed by atoms with E-state index in [4.69, 9.17) is 10.5 Å². The number of nitrogens with two attached hydrogens (primary N) is 1. The Bertz CT molecular complexity index is 825. The van der Waals surface area contributed by atoms with Crippen LogP contribution in [-0.2, 0) is 14.3 Å². The van der Waals surface area contributed by atoms with Crippen molar-refractivity contribution in [3.8, 4) is 5.75 Å². The molecular weight excluding hydrogens is 332 g/mol. The summed E-state index contributed by atoms with van der Waals surface area (Å²) in [4.78, 5) is 34.9. The van der Waals surface area contributed by atoms with E-state index in [9.17, 15) is 14.4 Å². The van der Waals surface area contributed by atoms with Gasteiger partial charge >= 0.3 is 5.97 Å². The summed E-state index contributed by atoms with van der Waals surface area (Å²) in [7, 11) is 1.28.